The Morgan fingerprint density at radius 1 is 0.427 bits per heavy atom. The lowest BCUT2D eigenvalue weighted by molar-refractivity contribution is -0.146. The van der Waals surface area contributed by atoms with Gasteiger partial charge in [0.2, 0.25) is 70.9 Å². The Morgan fingerprint density at radius 2 is 0.786 bits per heavy atom. The van der Waals surface area contributed by atoms with Crippen molar-refractivity contribution < 1.29 is 92.3 Å². The normalized spacial score (nSPS) is 15.3. The first-order valence-electron chi connectivity index (χ1n) is 39.4. The molecule has 2 aromatic rings. The predicted octanol–water partition coefficient (Wildman–Crippen LogP) is -1.53. The molecule has 0 radical (unpaired) electrons. The number of carboxylic acids is 3. The van der Waals surface area contributed by atoms with E-state index in [9.17, 15) is 87.2 Å². The van der Waals surface area contributed by atoms with E-state index in [2.05, 4.69) is 68.5 Å². The smallest absolute Gasteiger partial charge is 0.326 e. The van der Waals surface area contributed by atoms with E-state index in [4.69, 9.17) is 33.8 Å². The number of carbonyl (C=O) groups excluding carboxylic acids is 12. The van der Waals surface area contributed by atoms with E-state index < -0.39 is 205 Å². The maximum Gasteiger partial charge on any atom is 0.326 e. The Morgan fingerprint density at radius 3 is 1.20 bits per heavy atom. The highest BCUT2D eigenvalue weighted by atomic mass is 32.2. The van der Waals surface area contributed by atoms with Gasteiger partial charge in [-0.3, -0.25) is 77.1 Å². The molecule has 38 nitrogen and oxygen atoms in total. The second-order valence-corrected chi connectivity index (χ2v) is 31.0. The first-order valence-corrected chi connectivity index (χ1v) is 40.8. The summed E-state index contributed by atoms with van der Waals surface area (Å²) in [6, 6.07) is -2.37. The van der Waals surface area contributed by atoms with E-state index in [0.717, 1.165) is 4.90 Å². The van der Waals surface area contributed by atoms with Crippen molar-refractivity contribution in [2.24, 2.45) is 68.2 Å². The van der Waals surface area contributed by atoms with E-state index >= 15 is 0 Å². The van der Waals surface area contributed by atoms with Crippen LogP contribution in [0.3, 0.4) is 0 Å². The third-order valence-corrected chi connectivity index (χ3v) is 20.2. The third-order valence-electron chi connectivity index (χ3n) is 19.6. The molecule has 0 unspecified atom stereocenters. The van der Waals surface area contributed by atoms with Gasteiger partial charge in [-0.2, -0.15) is 11.8 Å². The van der Waals surface area contributed by atoms with Crippen LogP contribution in [0.4, 0.5) is 0 Å². The number of carboxylic acid groups (broad SMARTS) is 3. The lowest BCUT2D eigenvalue weighted by Crippen LogP contribution is -2.63. The number of carbonyl (C=O) groups is 15. The first-order chi connectivity index (χ1) is 55.1. The Bertz CT molecular complexity index is 3650. The second-order valence-electron chi connectivity index (χ2n) is 30.0. The molecular formula is C78H127N19O19S. The molecule has 2 aromatic carbocycles. The lowest BCUT2D eigenvalue weighted by atomic mass is 9.94. The molecule has 117 heavy (non-hydrogen) atoms. The van der Waals surface area contributed by atoms with Gasteiger partial charge in [-0.05, 0) is 104 Å². The minimum atomic E-state index is -1.91. The second kappa shape index (κ2) is 53.5. The number of aliphatic hydroxyl groups is 1. The average Bonchev–Trinajstić information content (AvgIpc) is 0.831. The van der Waals surface area contributed by atoms with Crippen LogP contribution in [0.2, 0.25) is 0 Å². The summed E-state index contributed by atoms with van der Waals surface area (Å²) in [5, 5.41) is 68.8. The summed E-state index contributed by atoms with van der Waals surface area (Å²) in [5.41, 5.74) is 29.3. The van der Waals surface area contributed by atoms with Crippen LogP contribution in [0.15, 0.2) is 70.6 Å². The van der Waals surface area contributed by atoms with Gasteiger partial charge >= 0.3 is 17.9 Å². The minimum Gasteiger partial charge on any atom is -0.481 e. The van der Waals surface area contributed by atoms with Crippen LogP contribution in [0.5, 0.6) is 0 Å². The molecule has 0 heterocycles. The number of hydrogen-bond acceptors (Lipinski definition) is 20. The largest absolute Gasteiger partial charge is 0.481 e. The summed E-state index contributed by atoms with van der Waals surface area (Å²) >= 11 is 1.34. The van der Waals surface area contributed by atoms with Crippen molar-refractivity contribution in [2.45, 2.75) is 244 Å². The minimum absolute atomic E-state index is 0.000806. The number of rotatable bonds is 56. The van der Waals surface area contributed by atoms with E-state index in [-0.39, 0.29) is 120 Å². The van der Waals surface area contributed by atoms with Crippen LogP contribution >= 0.6 is 11.8 Å². The van der Waals surface area contributed by atoms with Crippen molar-refractivity contribution in [1.82, 2.24) is 63.4 Å². The fourth-order valence-corrected chi connectivity index (χ4v) is 12.6. The van der Waals surface area contributed by atoms with Gasteiger partial charge in [0.1, 0.15) is 72.5 Å². The number of thioether (sulfide) groups is 1. The molecule has 12 amide bonds. The molecular weight excluding hydrogens is 1540 g/mol. The topological polar surface area (TPSA) is 627 Å². The quantitative estimate of drug-likeness (QED) is 0.0203. The highest BCUT2D eigenvalue weighted by Crippen LogP contribution is 2.20. The fourth-order valence-electron chi connectivity index (χ4n) is 12.1. The molecule has 2 rings (SSSR count). The third kappa shape index (κ3) is 37.8. The van der Waals surface area contributed by atoms with Crippen molar-refractivity contribution in [3.8, 4) is 0 Å². The summed E-state index contributed by atoms with van der Waals surface area (Å²) in [6.07, 6.45) is 0.268. The first kappa shape index (κ1) is 102. The van der Waals surface area contributed by atoms with Crippen LogP contribution < -0.4 is 87.2 Å². The van der Waals surface area contributed by atoms with E-state index in [1.54, 1.807) is 136 Å². The maximum atomic E-state index is 14.8. The van der Waals surface area contributed by atoms with E-state index in [0.29, 0.717) is 16.9 Å². The summed E-state index contributed by atoms with van der Waals surface area (Å²) in [5.74, 6) is -18.2. The van der Waals surface area contributed by atoms with Gasteiger partial charge in [0.15, 0.2) is 11.9 Å². The Balaban J connectivity index is 2.57. The number of nitrogens with zero attached hydrogens (tertiary/aromatic N) is 3. The molecule has 39 heteroatoms. The Labute approximate surface area is 688 Å². The Hall–Kier alpha value is -10.7. The number of aliphatic hydroxyl groups excluding tert-OH is 1. The zero-order chi connectivity index (χ0) is 88.3. The van der Waals surface area contributed by atoms with Crippen LogP contribution in [0.1, 0.15) is 164 Å². The molecule has 0 bridgehead atoms. The summed E-state index contributed by atoms with van der Waals surface area (Å²) in [4.78, 5) is 218. The number of likely N-dealkylation sites (N-methyl/N-ethyl adjacent to an activating group) is 1. The van der Waals surface area contributed by atoms with Gasteiger partial charge in [-0.15, -0.1) is 0 Å². The zero-order valence-electron chi connectivity index (χ0n) is 69.2. The maximum absolute atomic E-state index is 14.8. The van der Waals surface area contributed by atoms with Crippen LogP contribution in [0, 0.1) is 29.6 Å². The van der Waals surface area contributed by atoms with Gasteiger partial charge in [0.05, 0.1) is 19.1 Å². The number of aliphatic imine (C=N–C) groups is 2. The van der Waals surface area contributed by atoms with E-state index in [1.807, 2.05) is 0 Å². The molecule has 25 N–H and O–H groups in total. The number of guanidine groups is 2. The molecule has 0 spiro atoms. The van der Waals surface area contributed by atoms with Gasteiger partial charge in [0, 0.05) is 39.4 Å². The predicted molar refractivity (Wildman–Crippen MR) is 440 cm³/mol. The van der Waals surface area contributed by atoms with Crippen molar-refractivity contribution >= 4 is 112 Å². The molecule has 16 atom stereocenters. The highest BCUT2D eigenvalue weighted by molar-refractivity contribution is 7.98. The van der Waals surface area contributed by atoms with E-state index in [1.165, 1.54) is 18.8 Å². The number of aliphatic carboxylic acids is 3. The van der Waals surface area contributed by atoms with Gasteiger partial charge in [0.25, 0.3) is 0 Å². The molecule has 0 aliphatic heterocycles. The van der Waals surface area contributed by atoms with Crippen molar-refractivity contribution in [3.63, 3.8) is 0 Å². The van der Waals surface area contributed by atoms with Crippen molar-refractivity contribution in [3.05, 3.63) is 71.8 Å². The van der Waals surface area contributed by atoms with Gasteiger partial charge in [-0.25, -0.2) is 4.79 Å². The van der Waals surface area contributed by atoms with Crippen LogP contribution in [-0.2, 0) is 84.8 Å². The summed E-state index contributed by atoms with van der Waals surface area (Å²) in [7, 11) is 1.32. The molecule has 0 saturated heterocycles. The number of nitrogens with two attached hydrogens (primary N) is 5. The summed E-state index contributed by atoms with van der Waals surface area (Å²) < 4.78 is 0. The fraction of sp³-hybridized carbons (Fsp3) is 0.628. The molecule has 654 valence electrons. The van der Waals surface area contributed by atoms with Crippen LogP contribution in [0.25, 0.3) is 0 Å². The summed E-state index contributed by atoms with van der Waals surface area (Å²) in [6.45, 7) is 15.8. The Kier molecular flexibility index (Phi) is 46.8. The van der Waals surface area contributed by atoms with Crippen molar-refractivity contribution in [2.75, 3.05) is 38.8 Å². The number of nitrogens with one attached hydrogen (secondary N) is 11. The molecule has 0 aliphatic rings. The zero-order valence-corrected chi connectivity index (χ0v) is 70.0. The molecule has 0 fully saturated rings. The monoisotopic (exact) mass is 1670 g/mol. The number of hydrogen-bond donors (Lipinski definition) is 20. The molecule has 0 aromatic heterocycles. The molecule has 0 saturated carbocycles. The highest BCUT2D eigenvalue weighted by Gasteiger charge is 2.41. The lowest BCUT2D eigenvalue weighted by Gasteiger charge is -2.33. The van der Waals surface area contributed by atoms with Gasteiger partial charge < -0.3 is 112 Å². The molecule has 0 aliphatic carbocycles. The average molecular weight is 1670 g/mol. The SMILES string of the molecule is CC[C@H](C)[C@H](NC(=O)[C@H](CCCN=C(N)N)NC(=O)[C@H](CCSC)NC(=O)[C@@H](N)CCC(=O)O)C(=O)N[C@@H](CO)C(=O)N[C@@H](CCCN=C(N)N)C(=O)N[C@H](C(=O)N[C@H](C(=O)N[C@@H](CC(C)C)C(=O)N[C@@H](CC(=O)O)C(=O)N[C@@H](Cc1ccccc1)C(=O)N(C)[C@@H](CC(C)C)C(=O)N[C@@H](Cc1ccccc1)C(=O)O)[C@@H](C)CC)[C@@H](C)CC. The van der Waals surface area contributed by atoms with Crippen LogP contribution in [-0.4, -0.2) is 243 Å². The number of benzene rings is 2. The van der Waals surface area contributed by atoms with Gasteiger partial charge in [-0.1, -0.05) is 149 Å². The standard InChI is InChI=1S/C78H127N19O19S/c1-13-44(8)61(94-66(105)50(28-22-33-84-77(80)81)87-65(104)52(32-35-117-12)86-64(103)49(79)30-31-59(99)100)73(112)93-57(41-98)70(109)88-51(29-23-34-85-78(82)83)67(106)95-63(46(10)15-3)74(113)96-62(45(9)14-2)72(111)90-53(36-42(4)5)68(107)89-54(40-60(101)102)69(108)91-55(38-47-24-18-16-19-25-47)75(114)97(11)58(37-43(6)7)71(110)92-56(76(115)116)39-48-26-20-17-21-27-48/h16-21,24-27,42-46,49-58,61-63,98H,13-15,22-23,28-41,79H2,1-12H3,(H,86,103)(H,87,104)(H,88,109)(H,89,107)(H,90,111)(H,91,108)(H,92,110)(H,93,112)(H,94,105)(H,95,106)(H,96,113)(H,99,100)(H,101,102)(H,115,116)(H4,80,81,84)(H4,82,83,85)/t44-,45-,46-,49-,50-,51-,52-,53-,54-,55-,56-,57-,58-,61-,62-,63-/m0/s1. The van der Waals surface area contributed by atoms with Crippen molar-refractivity contribution in [1.29, 1.82) is 0 Å². The number of amides is 12.